The summed E-state index contributed by atoms with van der Waals surface area (Å²) >= 11 is 0. The summed E-state index contributed by atoms with van der Waals surface area (Å²) in [4.78, 5) is 48.9. The molecule has 1 aromatic heterocycles. The predicted octanol–water partition coefficient (Wildman–Crippen LogP) is 1.11. The van der Waals surface area contributed by atoms with E-state index in [0.717, 1.165) is 23.3 Å². The van der Waals surface area contributed by atoms with Crippen molar-refractivity contribution in [3.63, 3.8) is 0 Å². The van der Waals surface area contributed by atoms with Crippen LogP contribution in [-0.4, -0.2) is 92.9 Å². The predicted molar refractivity (Wildman–Crippen MR) is 137 cm³/mol. The minimum atomic E-state index is -1.95. The van der Waals surface area contributed by atoms with Crippen LogP contribution in [0.25, 0.3) is 10.9 Å². The molecule has 4 aliphatic heterocycles. The normalized spacial score (nSPS) is 36.6. The molecule has 1 aromatic carbocycles. The second-order valence-corrected chi connectivity index (χ2v) is 12.1. The molecule has 38 heavy (non-hydrogen) atoms. The van der Waals surface area contributed by atoms with Crippen molar-refractivity contribution >= 4 is 28.6 Å². The molecule has 5 heterocycles. The number of amides is 3. The van der Waals surface area contributed by atoms with Gasteiger partial charge in [0.15, 0.2) is 0 Å². The maximum atomic E-state index is 13.9. The molecule has 3 N–H and O–H groups in total. The molecule has 0 bridgehead atoms. The third-order valence-corrected chi connectivity index (χ3v) is 9.78. The van der Waals surface area contributed by atoms with Crippen molar-refractivity contribution in [2.75, 3.05) is 26.7 Å². The molecule has 3 amide bonds. The van der Waals surface area contributed by atoms with Gasteiger partial charge in [0.05, 0.1) is 5.92 Å². The monoisotopic (exact) mass is 521 g/mol. The van der Waals surface area contributed by atoms with Crippen LogP contribution in [0.15, 0.2) is 24.4 Å². The molecular weight excluding hydrogens is 486 g/mol. The summed E-state index contributed by atoms with van der Waals surface area (Å²) in [5.74, 6) is -3.59. The smallest absolute Gasteiger partial charge is 0.281 e. The van der Waals surface area contributed by atoms with Gasteiger partial charge in [-0.05, 0) is 49.9 Å². The van der Waals surface area contributed by atoms with Crippen LogP contribution in [0, 0.1) is 11.8 Å². The lowest BCUT2D eigenvalue weighted by molar-refractivity contribution is -0.314. The zero-order valence-electron chi connectivity index (χ0n) is 22.1. The number of aromatic amines is 1. The van der Waals surface area contributed by atoms with E-state index in [1.807, 2.05) is 0 Å². The second kappa shape index (κ2) is 8.03. The fourth-order valence-corrected chi connectivity index (χ4v) is 7.80. The van der Waals surface area contributed by atoms with Gasteiger partial charge in [0.25, 0.3) is 11.8 Å². The van der Waals surface area contributed by atoms with Crippen molar-refractivity contribution in [3.8, 4) is 0 Å². The summed E-state index contributed by atoms with van der Waals surface area (Å²) < 4.78 is 6.24. The average Bonchev–Trinajstić information content (AvgIpc) is 3.59. The van der Waals surface area contributed by atoms with E-state index in [0.29, 0.717) is 32.0 Å². The molecule has 5 aliphatic rings. The Balaban J connectivity index is 1.18. The van der Waals surface area contributed by atoms with E-state index in [4.69, 9.17) is 4.74 Å². The number of nitrogens with one attached hydrogen (secondary N) is 2. The molecule has 6 atom stereocenters. The van der Waals surface area contributed by atoms with Gasteiger partial charge in [-0.2, -0.15) is 0 Å². The topological polar surface area (TPSA) is 118 Å². The first-order valence-electron chi connectivity index (χ1n) is 13.8. The molecule has 4 saturated heterocycles. The number of nitrogens with zero attached hydrogens (tertiary/aromatic N) is 3. The van der Waals surface area contributed by atoms with Gasteiger partial charge in [0, 0.05) is 48.1 Å². The van der Waals surface area contributed by atoms with E-state index in [2.05, 4.69) is 46.6 Å². The van der Waals surface area contributed by atoms with Crippen LogP contribution in [0.2, 0.25) is 0 Å². The van der Waals surface area contributed by atoms with Crippen molar-refractivity contribution in [2.45, 2.75) is 69.2 Å². The number of likely N-dealkylation sites (tertiary alicyclic amines) is 1. The lowest BCUT2D eigenvalue weighted by atomic mass is 9.72. The van der Waals surface area contributed by atoms with E-state index in [1.54, 1.807) is 18.7 Å². The van der Waals surface area contributed by atoms with Crippen LogP contribution >= 0.6 is 0 Å². The molecule has 202 valence electrons. The lowest BCUT2D eigenvalue weighted by Gasteiger charge is -2.46. The van der Waals surface area contributed by atoms with Gasteiger partial charge in [-0.3, -0.25) is 24.0 Å². The molecule has 0 radical (unpaired) electrons. The van der Waals surface area contributed by atoms with E-state index < -0.39 is 29.5 Å². The zero-order valence-corrected chi connectivity index (χ0v) is 22.1. The Bertz CT molecular complexity index is 1360. The first kappa shape index (κ1) is 24.1. The maximum Gasteiger partial charge on any atom is 0.281 e. The van der Waals surface area contributed by atoms with Crippen LogP contribution in [-0.2, 0) is 25.5 Å². The summed E-state index contributed by atoms with van der Waals surface area (Å²) in [5.41, 5.74) is 1.96. The molecule has 4 fully saturated rings. The van der Waals surface area contributed by atoms with Crippen LogP contribution in [0.3, 0.4) is 0 Å². The van der Waals surface area contributed by atoms with Gasteiger partial charge in [-0.15, -0.1) is 0 Å². The number of rotatable bonds is 3. The standard InChI is InChI=1S/C28H35N5O5/c1-15(2)27(26(36)33-14-23(34)32-9-5-8-22(32)28(33,37)38-27)30-25(35)17-10-19-18-6-4-7-20-24(18)16(12-29-20)11-21(19)31(3)13-17/h4,6-7,12,15,17,19,21-22,29,37H,5,8-11,13-14H2,1-3H3,(H,30,35)/t17-,19-,21-,22+,27+,28+/m0/s1. The fraction of sp³-hybridized carbons (Fsp3) is 0.607. The summed E-state index contributed by atoms with van der Waals surface area (Å²) in [6.07, 6.45) is 4.96. The third kappa shape index (κ3) is 3.08. The molecule has 0 spiro atoms. The van der Waals surface area contributed by atoms with Crippen molar-refractivity contribution in [1.82, 2.24) is 25.0 Å². The van der Waals surface area contributed by atoms with Crippen LogP contribution in [0.1, 0.15) is 50.2 Å². The number of ether oxygens (including phenoxy) is 1. The molecule has 1 aliphatic carbocycles. The zero-order chi connectivity index (χ0) is 26.6. The van der Waals surface area contributed by atoms with E-state index in [1.165, 1.54) is 16.5 Å². The van der Waals surface area contributed by atoms with Crippen molar-refractivity contribution in [1.29, 1.82) is 0 Å². The number of carbonyl (C=O) groups is 3. The highest BCUT2D eigenvalue weighted by Gasteiger charge is 2.69. The Morgan fingerprint density at radius 2 is 2.11 bits per heavy atom. The maximum absolute atomic E-state index is 13.9. The first-order chi connectivity index (χ1) is 18.1. The Hall–Kier alpha value is -2.95. The van der Waals surface area contributed by atoms with Gasteiger partial charge in [0.2, 0.25) is 17.5 Å². The van der Waals surface area contributed by atoms with Crippen LogP contribution in [0.5, 0.6) is 0 Å². The molecular formula is C28H35N5O5. The molecule has 2 aromatic rings. The molecule has 10 heteroatoms. The largest absolute Gasteiger partial charge is 0.361 e. The quantitative estimate of drug-likeness (QED) is 0.557. The fourth-order valence-electron chi connectivity index (χ4n) is 7.80. The summed E-state index contributed by atoms with van der Waals surface area (Å²) in [6, 6.07) is 5.98. The molecule has 10 nitrogen and oxygen atoms in total. The van der Waals surface area contributed by atoms with Crippen molar-refractivity contribution < 1.29 is 24.2 Å². The molecule has 0 unspecified atom stereocenters. The minimum Gasteiger partial charge on any atom is -0.361 e. The number of likely N-dealkylation sites (N-methyl/N-ethyl adjacent to an activating group) is 1. The number of H-pyrrole nitrogens is 1. The van der Waals surface area contributed by atoms with Crippen LogP contribution < -0.4 is 5.32 Å². The average molecular weight is 522 g/mol. The Labute approximate surface area is 221 Å². The van der Waals surface area contributed by atoms with E-state index >= 15 is 0 Å². The Morgan fingerprint density at radius 1 is 1.29 bits per heavy atom. The van der Waals surface area contributed by atoms with Gasteiger partial charge < -0.3 is 25.2 Å². The van der Waals surface area contributed by atoms with Gasteiger partial charge >= 0.3 is 0 Å². The van der Waals surface area contributed by atoms with Crippen molar-refractivity contribution in [3.05, 3.63) is 35.5 Å². The molecule has 7 rings (SSSR count). The van der Waals surface area contributed by atoms with Crippen LogP contribution in [0.4, 0.5) is 0 Å². The number of aliphatic hydroxyl groups is 1. The first-order valence-corrected chi connectivity index (χ1v) is 13.8. The minimum absolute atomic E-state index is 0.187. The second-order valence-electron chi connectivity index (χ2n) is 12.1. The number of piperazine rings is 1. The Morgan fingerprint density at radius 3 is 2.89 bits per heavy atom. The number of hydrogen-bond donors (Lipinski definition) is 3. The Kier molecular flexibility index (Phi) is 5.10. The molecule has 0 saturated carbocycles. The number of piperidine rings is 1. The van der Waals surface area contributed by atoms with Gasteiger partial charge in [0.1, 0.15) is 12.6 Å². The van der Waals surface area contributed by atoms with E-state index in [9.17, 15) is 19.5 Å². The summed E-state index contributed by atoms with van der Waals surface area (Å²) in [6.45, 7) is 4.44. The summed E-state index contributed by atoms with van der Waals surface area (Å²) in [7, 11) is 2.06. The number of aromatic nitrogens is 1. The van der Waals surface area contributed by atoms with Gasteiger partial charge in [-0.25, -0.2) is 0 Å². The number of benzene rings is 1. The highest BCUT2D eigenvalue weighted by atomic mass is 16.7. The van der Waals surface area contributed by atoms with Gasteiger partial charge in [-0.1, -0.05) is 26.0 Å². The third-order valence-electron chi connectivity index (χ3n) is 9.78. The lowest BCUT2D eigenvalue weighted by Crippen LogP contribution is -2.67. The van der Waals surface area contributed by atoms with Crippen molar-refractivity contribution in [2.24, 2.45) is 11.8 Å². The SMILES string of the molecule is CC(C)[C@@]1(NC(=O)[C@H]2C[C@H]3c4cccc5[nH]cc(c45)C[C@@H]3N(C)C2)O[C@]2(O)[C@H]3CCCN3C(=O)CN2C1=O. The number of hydrogen-bond acceptors (Lipinski definition) is 6. The number of carbonyl (C=O) groups excluding carboxylic acids is 3. The summed E-state index contributed by atoms with van der Waals surface area (Å²) in [5, 5.41) is 15.9. The highest BCUT2D eigenvalue weighted by molar-refractivity contribution is 5.96. The number of fused-ring (bicyclic) bond motifs is 5. The van der Waals surface area contributed by atoms with E-state index in [-0.39, 0.29) is 30.2 Å². The highest BCUT2D eigenvalue weighted by Crippen LogP contribution is 2.47.